The van der Waals surface area contributed by atoms with Crippen LogP contribution in [0.1, 0.15) is 25.0 Å². The van der Waals surface area contributed by atoms with Crippen LogP contribution in [0.3, 0.4) is 0 Å². The van der Waals surface area contributed by atoms with E-state index in [0.717, 1.165) is 17.5 Å². The molecule has 0 aliphatic rings. The van der Waals surface area contributed by atoms with Gasteiger partial charge in [0.15, 0.2) is 0 Å². The van der Waals surface area contributed by atoms with Crippen molar-refractivity contribution in [2.45, 2.75) is 32.8 Å². The molecule has 1 unspecified atom stereocenters. The minimum absolute atomic E-state index is 0.339. The molecule has 2 nitrogen and oxygen atoms in total. The van der Waals surface area contributed by atoms with Crippen LogP contribution in [0.4, 0.5) is 0 Å². The zero-order valence-electron chi connectivity index (χ0n) is 8.12. The number of aliphatic hydroxyl groups is 1. The minimum Gasteiger partial charge on any atom is -0.507 e. The van der Waals surface area contributed by atoms with Gasteiger partial charge in [-0.2, -0.15) is 0 Å². The van der Waals surface area contributed by atoms with Crippen LogP contribution >= 0.6 is 0 Å². The molecule has 0 aliphatic carbocycles. The summed E-state index contributed by atoms with van der Waals surface area (Å²) in [7, 11) is 0. The van der Waals surface area contributed by atoms with Gasteiger partial charge in [-0.1, -0.05) is 25.1 Å². The minimum atomic E-state index is -0.405. The van der Waals surface area contributed by atoms with Gasteiger partial charge in [-0.25, -0.2) is 0 Å². The third kappa shape index (κ3) is 2.46. The number of aliphatic hydroxyl groups excluding tert-OH is 1. The first kappa shape index (κ1) is 10.1. The fourth-order valence-electron chi connectivity index (χ4n) is 1.41. The maximum atomic E-state index is 9.73. The molecule has 13 heavy (non-hydrogen) atoms. The Morgan fingerprint density at radius 3 is 2.46 bits per heavy atom. The average Bonchev–Trinajstić information content (AvgIpc) is 2.08. The zero-order chi connectivity index (χ0) is 9.84. The summed E-state index contributed by atoms with van der Waals surface area (Å²) >= 11 is 0. The van der Waals surface area contributed by atoms with Gasteiger partial charge in [-0.05, 0) is 24.5 Å². The molecule has 1 atom stereocenters. The van der Waals surface area contributed by atoms with E-state index in [-0.39, 0.29) is 0 Å². The maximum Gasteiger partial charge on any atom is 0.122 e. The number of para-hydroxylation sites is 1. The lowest BCUT2D eigenvalue weighted by Gasteiger charge is -2.09. The van der Waals surface area contributed by atoms with E-state index in [4.69, 9.17) is 0 Å². The van der Waals surface area contributed by atoms with Gasteiger partial charge in [0.25, 0.3) is 0 Å². The number of aromatic hydroxyl groups is 1. The van der Waals surface area contributed by atoms with Crippen molar-refractivity contribution in [2.75, 3.05) is 0 Å². The standard InChI is InChI=1S/C11H16O2/c1-3-9-5-4-6-10(11(9)13)7-8(2)12/h4-6,8,12-13H,3,7H2,1-2H3. The second kappa shape index (κ2) is 4.28. The van der Waals surface area contributed by atoms with Crippen molar-refractivity contribution in [3.63, 3.8) is 0 Å². The average molecular weight is 180 g/mol. The molecule has 0 saturated heterocycles. The predicted octanol–water partition coefficient (Wildman–Crippen LogP) is 1.88. The summed E-state index contributed by atoms with van der Waals surface area (Å²) in [6.07, 6.45) is 0.928. The number of phenols is 1. The third-order valence-corrected chi connectivity index (χ3v) is 2.10. The SMILES string of the molecule is CCc1cccc(CC(C)O)c1O. The molecule has 0 bridgehead atoms. The monoisotopic (exact) mass is 180 g/mol. The van der Waals surface area contributed by atoms with Crippen LogP contribution in [-0.2, 0) is 12.8 Å². The van der Waals surface area contributed by atoms with Crippen LogP contribution in [0.25, 0.3) is 0 Å². The van der Waals surface area contributed by atoms with E-state index < -0.39 is 6.10 Å². The molecular formula is C11H16O2. The van der Waals surface area contributed by atoms with Crippen molar-refractivity contribution in [3.05, 3.63) is 29.3 Å². The summed E-state index contributed by atoms with van der Waals surface area (Å²) in [6, 6.07) is 5.67. The van der Waals surface area contributed by atoms with Crippen LogP contribution in [0.5, 0.6) is 5.75 Å². The lowest BCUT2D eigenvalue weighted by Crippen LogP contribution is -2.04. The largest absolute Gasteiger partial charge is 0.507 e. The van der Waals surface area contributed by atoms with E-state index in [1.165, 1.54) is 0 Å². The molecule has 2 N–H and O–H groups in total. The Hall–Kier alpha value is -1.02. The quantitative estimate of drug-likeness (QED) is 0.745. The first-order chi connectivity index (χ1) is 6.15. The molecule has 72 valence electrons. The van der Waals surface area contributed by atoms with Gasteiger partial charge in [-0.15, -0.1) is 0 Å². The van der Waals surface area contributed by atoms with E-state index in [9.17, 15) is 10.2 Å². The van der Waals surface area contributed by atoms with Crippen molar-refractivity contribution in [1.29, 1.82) is 0 Å². The lowest BCUT2D eigenvalue weighted by atomic mass is 10.0. The normalized spacial score (nSPS) is 12.8. The second-order valence-corrected chi connectivity index (χ2v) is 3.33. The van der Waals surface area contributed by atoms with Gasteiger partial charge in [0.2, 0.25) is 0 Å². The number of hydrogen-bond donors (Lipinski definition) is 2. The van der Waals surface area contributed by atoms with Gasteiger partial charge in [0, 0.05) is 6.42 Å². The summed E-state index contributed by atoms with van der Waals surface area (Å²) in [5, 5.41) is 18.9. The molecule has 0 amide bonds. The molecule has 0 aromatic heterocycles. The number of benzene rings is 1. The highest BCUT2D eigenvalue weighted by Crippen LogP contribution is 2.23. The van der Waals surface area contributed by atoms with Crippen LogP contribution in [0.15, 0.2) is 18.2 Å². The number of hydrogen-bond acceptors (Lipinski definition) is 2. The highest BCUT2D eigenvalue weighted by atomic mass is 16.3. The molecule has 0 spiro atoms. The smallest absolute Gasteiger partial charge is 0.122 e. The van der Waals surface area contributed by atoms with Crippen LogP contribution < -0.4 is 0 Å². The Kier molecular flexibility index (Phi) is 3.32. The van der Waals surface area contributed by atoms with Gasteiger partial charge in [-0.3, -0.25) is 0 Å². The first-order valence-electron chi connectivity index (χ1n) is 4.63. The second-order valence-electron chi connectivity index (χ2n) is 3.33. The number of aryl methyl sites for hydroxylation is 1. The lowest BCUT2D eigenvalue weighted by molar-refractivity contribution is 0.194. The molecule has 0 radical (unpaired) electrons. The highest BCUT2D eigenvalue weighted by Gasteiger charge is 2.07. The highest BCUT2D eigenvalue weighted by molar-refractivity contribution is 5.40. The summed E-state index contributed by atoms with van der Waals surface area (Å²) in [6.45, 7) is 3.72. The summed E-state index contributed by atoms with van der Waals surface area (Å²) < 4.78 is 0. The zero-order valence-corrected chi connectivity index (χ0v) is 8.12. The Labute approximate surface area is 78.8 Å². The van der Waals surface area contributed by atoms with Crippen LogP contribution in [0, 0.1) is 0 Å². The molecule has 0 fully saturated rings. The van der Waals surface area contributed by atoms with E-state index in [1.807, 2.05) is 25.1 Å². The van der Waals surface area contributed by atoms with Crippen molar-refractivity contribution in [2.24, 2.45) is 0 Å². The fraction of sp³-hybridized carbons (Fsp3) is 0.455. The van der Waals surface area contributed by atoms with E-state index in [2.05, 4.69) is 0 Å². The van der Waals surface area contributed by atoms with Gasteiger partial charge < -0.3 is 10.2 Å². The van der Waals surface area contributed by atoms with Gasteiger partial charge in [0.1, 0.15) is 5.75 Å². The molecule has 1 aromatic rings. The van der Waals surface area contributed by atoms with E-state index in [0.29, 0.717) is 12.2 Å². The maximum absolute atomic E-state index is 9.73. The molecule has 0 heterocycles. The Bertz CT molecular complexity index is 279. The Morgan fingerprint density at radius 2 is 1.92 bits per heavy atom. The van der Waals surface area contributed by atoms with Gasteiger partial charge >= 0.3 is 0 Å². The molecule has 1 rings (SSSR count). The van der Waals surface area contributed by atoms with Crippen LogP contribution in [-0.4, -0.2) is 16.3 Å². The third-order valence-electron chi connectivity index (χ3n) is 2.10. The van der Waals surface area contributed by atoms with E-state index >= 15 is 0 Å². The molecular weight excluding hydrogens is 164 g/mol. The van der Waals surface area contributed by atoms with Crippen molar-refractivity contribution >= 4 is 0 Å². The van der Waals surface area contributed by atoms with E-state index in [1.54, 1.807) is 6.92 Å². The summed E-state index contributed by atoms with van der Waals surface area (Å²) in [5.74, 6) is 0.339. The number of rotatable bonds is 3. The van der Waals surface area contributed by atoms with Crippen LogP contribution in [0.2, 0.25) is 0 Å². The molecule has 1 aromatic carbocycles. The molecule has 0 aliphatic heterocycles. The Morgan fingerprint density at radius 1 is 1.31 bits per heavy atom. The van der Waals surface area contributed by atoms with Crippen molar-refractivity contribution in [3.8, 4) is 5.75 Å². The summed E-state index contributed by atoms with van der Waals surface area (Å²) in [4.78, 5) is 0. The molecule has 2 heteroatoms. The fourth-order valence-corrected chi connectivity index (χ4v) is 1.41. The first-order valence-corrected chi connectivity index (χ1v) is 4.63. The molecule has 0 saturated carbocycles. The van der Waals surface area contributed by atoms with Crippen molar-refractivity contribution in [1.82, 2.24) is 0 Å². The Balaban J connectivity index is 2.94. The predicted molar refractivity (Wildman–Crippen MR) is 52.9 cm³/mol. The summed E-state index contributed by atoms with van der Waals surface area (Å²) in [5.41, 5.74) is 1.77. The van der Waals surface area contributed by atoms with Gasteiger partial charge in [0.05, 0.1) is 6.10 Å². The topological polar surface area (TPSA) is 40.5 Å². The van der Waals surface area contributed by atoms with Crippen molar-refractivity contribution < 1.29 is 10.2 Å². The number of phenolic OH excluding ortho intramolecular Hbond substituents is 1.